The fourth-order valence-electron chi connectivity index (χ4n) is 1.88. The van der Waals surface area contributed by atoms with E-state index in [0.29, 0.717) is 24.4 Å². The SMILES string of the molecule is COCc1ccc(CNc2ccc(F)cc2C#N)cc1. The summed E-state index contributed by atoms with van der Waals surface area (Å²) in [4.78, 5) is 0. The Hall–Kier alpha value is -2.38. The van der Waals surface area contributed by atoms with Crippen LogP contribution in [0.5, 0.6) is 0 Å². The highest BCUT2D eigenvalue weighted by atomic mass is 19.1. The highest BCUT2D eigenvalue weighted by Crippen LogP contribution is 2.17. The molecule has 3 nitrogen and oxygen atoms in total. The van der Waals surface area contributed by atoms with E-state index in [4.69, 9.17) is 10.00 Å². The molecule has 102 valence electrons. The normalized spacial score (nSPS) is 10.1. The first-order chi connectivity index (χ1) is 9.72. The summed E-state index contributed by atoms with van der Waals surface area (Å²) in [5.74, 6) is -0.406. The van der Waals surface area contributed by atoms with Gasteiger partial charge in [-0.15, -0.1) is 0 Å². The molecular weight excluding hydrogens is 255 g/mol. The molecule has 0 radical (unpaired) electrons. The molecule has 2 aromatic carbocycles. The molecule has 0 atom stereocenters. The Morgan fingerprint density at radius 2 is 1.85 bits per heavy atom. The van der Waals surface area contributed by atoms with E-state index in [9.17, 15) is 4.39 Å². The molecular formula is C16H15FN2O. The average molecular weight is 270 g/mol. The maximum atomic E-state index is 13.0. The molecule has 2 rings (SSSR count). The fraction of sp³-hybridized carbons (Fsp3) is 0.188. The van der Waals surface area contributed by atoms with E-state index in [1.54, 1.807) is 13.2 Å². The first-order valence-electron chi connectivity index (χ1n) is 6.23. The van der Waals surface area contributed by atoms with Crippen molar-refractivity contribution in [2.24, 2.45) is 0 Å². The molecule has 0 saturated carbocycles. The molecule has 1 N–H and O–H groups in total. The number of methoxy groups -OCH3 is 1. The van der Waals surface area contributed by atoms with E-state index in [2.05, 4.69) is 5.32 Å². The van der Waals surface area contributed by atoms with Gasteiger partial charge in [-0.25, -0.2) is 4.39 Å². The zero-order chi connectivity index (χ0) is 14.4. The smallest absolute Gasteiger partial charge is 0.124 e. The zero-order valence-electron chi connectivity index (χ0n) is 11.2. The molecule has 0 saturated heterocycles. The summed E-state index contributed by atoms with van der Waals surface area (Å²) in [6.45, 7) is 1.16. The van der Waals surface area contributed by atoms with Crippen LogP contribution in [0.15, 0.2) is 42.5 Å². The molecule has 0 amide bonds. The van der Waals surface area contributed by atoms with Crippen LogP contribution in [0.4, 0.5) is 10.1 Å². The quantitative estimate of drug-likeness (QED) is 0.905. The summed E-state index contributed by atoms with van der Waals surface area (Å²) in [5.41, 5.74) is 3.13. The lowest BCUT2D eigenvalue weighted by atomic mass is 10.1. The Balaban J connectivity index is 2.03. The molecule has 0 bridgehead atoms. The summed E-state index contributed by atoms with van der Waals surface area (Å²) in [7, 11) is 1.66. The fourth-order valence-corrected chi connectivity index (χ4v) is 1.88. The van der Waals surface area contributed by atoms with Gasteiger partial charge in [0.15, 0.2) is 0 Å². The van der Waals surface area contributed by atoms with E-state index in [1.165, 1.54) is 12.1 Å². The van der Waals surface area contributed by atoms with Crippen molar-refractivity contribution in [1.82, 2.24) is 0 Å². The van der Waals surface area contributed by atoms with Crippen molar-refractivity contribution in [2.75, 3.05) is 12.4 Å². The van der Waals surface area contributed by atoms with Gasteiger partial charge in [-0.05, 0) is 29.3 Å². The monoisotopic (exact) mass is 270 g/mol. The van der Waals surface area contributed by atoms with Crippen LogP contribution in [-0.4, -0.2) is 7.11 Å². The van der Waals surface area contributed by atoms with Crippen LogP contribution >= 0.6 is 0 Å². The first-order valence-corrected chi connectivity index (χ1v) is 6.23. The van der Waals surface area contributed by atoms with Gasteiger partial charge in [0.25, 0.3) is 0 Å². The van der Waals surface area contributed by atoms with Gasteiger partial charge in [-0.1, -0.05) is 24.3 Å². The summed E-state index contributed by atoms with van der Waals surface area (Å²) < 4.78 is 18.1. The van der Waals surface area contributed by atoms with Gasteiger partial charge in [0.2, 0.25) is 0 Å². The molecule has 0 fully saturated rings. The van der Waals surface area contributed by atoms with Crippen molar-refractivity contribution < 1.29 is 9.13 Å². The van der Waals surface area contributed by atoms with Crippen molar-refractivity contribution in [2.45, 2.75) is 13.2 Å². The van der Waals surface area contributed by atoms with E-state index >= 15 is 0 Å². The molecule has 4 heteroatoms. The number of ether oxygens (including phenoxy) is 1. The van der Waals surface area contributed by atoms with Crippen LogP contribution in [0.1, 0.15) is 16.7 Å². The van der Waals surface area contributed by atoms with Crippen molar-refractivity contribution >= 4 is 5.69 Å². The number of rotatable bonds is 5. The predicted octanol–water partition coefficient (Wildman–Crippen LogP) is 3.46. The number of nitriles is 1. The molecule has 0 aromatic heterocycles. The van der Waals surface area contributed by atoms with Crippen molar-refractivity contribution in [3.05, 3.63) is 65.0 Å². The second-order valence-electron chi connectivity index (χ2n) is 4.40. The highest BCUT2D eigenvalue weighted by Gasteiger charge is 2.03. The number of benzene rings is 2. The second-order valence-corrected chi connectivity index (χ2v) is 4.40. The van der Waals surface area contributed by atoms with E-state index in [0.717, 1.165) is 11.1 Å². The highest BCUT2D eigenvalue weighted by molar-refractivity contribution is 5.57. The Morgan fingerprint density at radius 3 is 2.50 bits per heavy atom. The second kappa shape index (κ2) is 6.69. The molecule has 0 aliphatic heterocycles. The lowest BCUT2D eigenvalue weighted by Gasteiger charge is -2.09. The largest absolute Gasteiger partial charge is 0.380 e. The number of hydrogen-bond acceptors (Lipinski definition) is 3. The van der Waals surface area contributed by atoms with Gasteiger partial charge in [-0.3, -0.25) is 0 Å². The summed E-state index contributed by atoms with van der Waals surface area (Å²) in [6.07, 6.45) is 0. The van der Waals surface area contributed by atoms with Gasteiger partial charge >= 0.3 is 0 Å². The third-order valence-electron chi connectivity index (χ3n) is 2.92. The molecule has 0 spiro atoms. The minimum absolute atomic E-state index is 0.306. The van der Waals surface area contributed by atoms with E-state index in [-0.39, 0.29) is 0 Å². The van der Waals surface area contributed by atoms with Gasteiger partial charge in [-0.2, -0.15) is 5.26 Å². The Morgan fingerprint density at radius 1 is 1.15 bits per heavy atom. The van der Waals surface area contributed by atoms with Crippen LogP contribution in [-0.2, 0) is 17.9 Å². The molecule has 20 heavy (non-hydrogen) atoms. The third-order valence-corrected chi connectivity index (χ3v) is 2.92. The summed E-state index contributed by atoms with van der Waals surface area (Å²) in [5, 5.41) is 12.1. The number of hydrogen-bond donors (Lipinski definition) is 1. The van der Waals surface area contributed by atoms with Gasteiger partial charge < -0.3 is 10.1 Å². The minimum Gasteiger partial charge on any atom is -0.380 e. The molecule has 0 aliphatic carbocycles. The zero-order valence-corrected chi connectivity index (χ0v) is 11.2. The van der Waals surface area contributed by atoms with E-state index < -0.39 is 5.82 Å². The van der Waals surface area contributed by atoms with Crippen LogP contribution < -0.4 is 5.32 Å². The van der Waals surface area contributed by atoms with Gasteiger partial charge in [0.1, 0.15) is 11.9 Å². The van der Waals surface area contributed by atoms with Crippen LogP contribution in [0.2, 0.25) is 0 Å². The number of nitrogens with one attached hydrogen (secondary N) is 1. The Bertz CT molecular complexity index is 617. The van der Waals surface area contributed by atoms with Crippen LogP contribution in [0.3, 0.4) is 0 Å². The average Bonchev–Trinajstić information content (AvgIpc) is 2.47. The number of nitrogens with zero attached hydrogens (tertiary/aromatic N) is 1. The molecule has 0 unspecified atom stereocenters. The van der Waals surface area contributed by atoms with Gasteiger partial charge in [0, 0.05) is 13.7 Å². The standard InChI is InChI=1S/C16H15FN2O/c1-20-11-13-4-2-12(3-5-13)10-19-16-7-6-15(17)8-14(16)9-18/h2-8,19H,10-11H2,1H3. The third kappa shape index (κ3) is 3.56. The molecule has 0 aliphatic rings. The predicted molar refractivity (Wildman–Crippen MR) is 75.6 cm³/mol. The van der Waals surface area contributed by atoms with Crippen molar-refractivity contribution in [1.29, 1.82) is 5.26 Å². The lowest BCUT2D eigenvalue weighted by molar-refractivity contribution is 0.185. The molecule has 2 aromatic rings. The molecule has 0 heterocycles. The van der Waals surface area contributed by atoms with Crippen molar-refractivity contribution in [3.63, 3.8) is 0 Å². The van der Waals surface area contributed by atoms with Crippen LogP contribution in [0, 0.1) is 17.1 Å². The number of anilines is 1. The summed E-state index contributed by atoms with van der Waals surface area (Å²) in [6, 6.07) is 14.1. The topological polar surface area (TPSA) is 45.0 Å². The van der Waals surface area contributed by atoms with E-state index in [1.807, 2.05) is 30.3 Å². The Kier molecular flexibility index (Phi) is 4.70. The summed E-state index contributed by atoms with van der Waals surface area (Å²) >= 11 is 0. The number of halogens is 1. The van der Waals surface area contributed by atoms with Crippen LogP contribution in [0.25, 0.3) is 0 Å². The minimum atomic E-state index is -0.406. The van der Waals surface area contributed by atoms with Crippen molar-refractivity contribution in [3.8, 4) is 6.07 Å². The lowest BCUT2D eigenvalue weighted by Crippen LogP contribution is -2.02. The maximum absolute atomic E-state index is 13.0. The maximum Gasteiger partial charge on any atom is 0.124 e. The first kappa shape index (κ1) is 14.0. The Labute approximate surface area is 117 Å². The van der Waals surface area contributed by atoms with Gasteiger partial charge in [0.05, 0.1) is 17.9 Å².